The molecule has 0 bridgehead atoms. The number of primary amides is 2. The third-order valence-corrected chi connectivity index (χ3v) is 6.69. The molecule has 13 nitrogen and oxygen atoms in total. The highest BCUT2D eigenvalue weighted by Gasteiger charge is 2.33. The van der Waals surface area contributed by atoms with Gasteiger partial charge in [0, 0.05) is 26.8 Å². The van der Waals surface area contributed by atoms with Crippen LogP contribution in [-0.2, 0) is 35.2 Å². The molecule has 1 rings (SSSR count). The molecular formula is C29H47N7O6. The van der Waals surface area contributed by atoms with E-state index in [0.717, 1.165) is 5.56 Å². The van der Waals surface area contributed by atoms with Crippen molar-refractivity contribution in [1.82, 2.24) is 20.9 Å². The van der Waals surface area contributed by atoms with Crippen LogP contribution in [0.25, 0.3) is 0 Å². The molecule has 0 unspecified atom stereocenters. The number of benzene rings is 1. The van der Waals surface area contributed by atoms with Crippen LogP contribution in [0.2, 0.25) is 0 Å². The first kappa shape index (κ1) is 36.0. The molecule has 0 aliphatic rings. The molecule has 4 atom stereocenters. The van der Waals surface area contributed by atoms with Gasteiger partial charge in [-0.05, 0) is 50.1 Å². The molecule has 42 heavy (non-hydrogen) atoms. The number of nitrogens with zero attached hydrogens (tertiary/aromatic N) is 1. The van der Waals surface area contributed by atoms with Crippen LogP contribution >= 0.6 is 0 Å². The predicted molar refractivity (Wildman–Crippen MR) is 158 cm³/mol. The molecule has 0 radical (unpaired) electrons. The standard InChI is InChI=1S/C29H47N7O6/c1-18(2)16-24(26(32)39)36(4)29(42)22(12-8-9-15-30)35-27(40)21(13-14-25(31)38)34-28(41)23(33-19(3)37)17-20-10-6-5-7-11-20/h5-7,10-11,18,21-24H,8-9,12-17,30H2,1-4H3,(H2,31,38)(H2,32,39)(H,33,37)(H,34,41)(H,35,40)/t21-,22-,23-,24-/m0/s1. The molecule has 0 saturated carbocycles. The highest BCUT2D eigenvalue weighted by atomic mass is 16.2. The van der Waals surface area contributed by atoms with E-state index >= 15 is 0 Å². The maximum atomic E-state index is 13.5. The van der Waals surface area contributed by atoms with Gasteiger partial charge in [-0.3, -0.25) is 28.8 Å². The van der Waals surface area contributed by atoms with E-state index in [1.54, 1.807) is 24.3 Å². The fourth-order valence-corrected chi connectivity index (χ4v) is 4.47. The second kappa shape index (κ2) is 18.4. The summed E-state index contributed by atoms with van der Waals surface area (Å²) in [6, 6.07) is 4.83. The number of hydrogen-bond donors (Lipinski definition) is 6. The van der Waals surface area contributed by atoms with E-state index in [2.05, 4.69) is 16.0 Å². The molecule has 6 amide bonds. The maximum absolute atomic E-state index is 13.5. The van der Waals surface area contributed by atoms with Crippen molar-refractivity contribution in [3.8, 4) is 0 Å². The van der Waals surface area contributed by atoms with Crippen molar-refractivity contribution in [3.05, 3.63) is 35.9 Å². The van der Waals surface area contributed by atoms with E-state index in [-0.39, 0.29) is 31.6 Å². The van der Waals surface area contributed by atoms with Crippen molar-refractivity contribution >= 4 is 35.4 Å². The van der Waals surface area contributed by atoms with Gasteiger partial charge in [0.1, 0.15) is 24.2 Å². The molecule has 0 heterocycles. The summed E-state index contributed by atoms with van der Waals surface area (Å²) in [5, 5.41) is 7.89. The van der Waals surface area contributed by atoms with Crippen molar-refractivity contribution in [2.24, 2.45) is 23.1 Å². The third kappa shape index (κ3) is 13.1. The van der Waals surface area contributed by atoms with Crippen LogP contribution in [0.3, 0.4) is 0 Å². The van der Waals surface area contributed by atoms with Gasteiger partial charge < -0.3 is 38.1 Å². The Morgan fingerprint density at radius 3 is 1.95 bits per heavy atom. The average molecular weight is 590 g/mol. The Balaban J connectivity index is 3.22. The van der Waals surface area contributed by atoms with Crippen molar-refractivity contribution < 1.29 is 28.8 Å². The van der Waals surface area contributed by atoms with Gasteiger partial charge >= 0.3 is 0 Å². The average Bonchev–Trinajstić information content (AvgIpc) is 2.92. The van der Waals surface area contributed by atoms with Crippen molar-refractivity contribution in [3.63, 3.8) is 0 Å². The Labute approximate surface area is 247 Å². The number of rotatable bonds is 19. The topological polar surface area (TPSA) is 220 Å². The SMILES string of the molecule is CC(=O)N[C@@H](Cc1ccccc1)C(=O)N[C@@H](CCC(N)=O)C(=O)N[C@@H](CCCCN)C(=O)N(C)[C@@H](CC(C)C)C(N)=O. The molecule has 0 aromatic heterocycles. The van der Waals surface area contributed by atoms with E-state index in [0.29, 0.717) is 25.8 Å². The number of carbonyl (C=O) groups is 6. The number of nitrogens with two attached hydrogens (primary N) is 3. The monoisotopic (exact) mass is 589 g/mol. The minimum absolute atomic E-state index is 0.0730. The van der Waals surface area contributed by atoms with E-state index < -0.39 is 59.6 Å². The lowest BCUT2D eigenvalue weighted by Gasteiger charge is -2.31. The number of nitrogens with one attached hydrogen (secondary N) is 3. The zero-order valence-electron chi connectivity index (χ0n) is 25.1. The zero-order chi connectivity index (χ0) is 31.8. The van der Waals surface area contributed by atoms with Gasteiger partial charge in [-0.15, -0.1) is 0 Å². The first-order chi connectivity index (χ1) is 19.8. The van der Waals surface area contributed by atoms with Crippen molar-refractivity contribution in [2.75, 3.05) is 13.6 Å². The second-order valence-corrected chi connectivity index (χ2v) is 10.9. The lowest BCUT2D eigenvalue weighted by Crippen LogP contribution is -2.58. The fraction of sp³-hybridized carbons (Fsp3) is 0.586. The van der Waals surface area contributed by atoms with Crippen LogP contribution in [-0.4, -0.2) is 78.1 Å². The maximum Gasteiger partial charge on any atom is 0.245 e. The third-order valence-electron chi connectivity index (χ3n) is 6.69. The Hall–Kier alpha value is -4.00. The summed E-state index contributed by atoms with van der Waals surface area (Å²) in [6.45, 7) is 5.44. The zero-order valence-corrected chi connectivity index (χ0v) is 25.1. The number of carbonyl (C=O) groups excluding carboxylic acids is 6. The van der Waals surface area contributed by atoms with Gasteiger partial charge in [0.25, 0.3) is 0 Å². The minimum Gasteiger partial charge on any atom is -0.370 e. The van der Waals surface area contributed by atoms with Crippen LogP contribution in [0.5, 0.6) is 0 Å². The summed E-state index contributed by atoms with van der Waals surface area (Å²) in [4.78, 5) is 77.1. The molecule has 234 valence electrons. The van der Waals surface area contributed by atoms with E-state index in [1.807, 2.05) is 19.9 Å². The Kier molecular flexibility index (Phi) is 15.8. The fourth-order valence-electron chi connectivity index (χ4n) is 4.47. The molecule has 13 heteroatoms. The normalized spacial score (nSPS) is 13.8. The van der Waals surface area contributed by atoms with E-state index in [1.165, 1.54) is 18.9 Å². The Bertz CT molecular complexity index is 1070. The minimum atomic E-state index is -1.24. The number of likely N-dealkylation sites (N-methyl/N-ethyl adjacent to an activating group) is 1. The highest BCUT2D eigenvalue weighted by molar-refractivity contribution is 5.95. The van der Waals surface area contributed by atoms with Gasteiger partial charge in [0.2, 0.25) is 35.4 Å². The lowest BCUT2D eigenvalue weighted by molar-refractivity contribution is -0.142. The van der Waals surface area contributed by atoms with Crippen molar-refractivity contribution in [2.45, 2.75) is 89.9 Å². The quantitative estimate of drug-likeness (QED) is 0.116. The molecule has 0 fully saturated rings. The first-order valence-corrected chi connectivity index (χ1v) is 14.2. The van der Waals surface area contributed by atoms with E-state index in [4.69, 9.17) is 17.2 Å². The number of unbranched alkanes of at least 4 members (excludes halogenated alkanes) is 1. The summed E-state index contributed by atoms with van der Waals surface area (Å²) in [6.07, 6.45) is 1.46. The first-order valence-electron chi connectivity index (χ1n) is 14.2. The molecule has 9 N–H and O–H groups in total. The molecule has 0 saturated heterocycles. The van der Waals surface area contributed by atoms with Crippen molar-refractivity contribution in [1.29, 1.82) is 0 Å². The summed E-state index contributed by atoms with van der Waals surface area (Å²) in [5.74, 6) is -3.60. The van der Waals surface area contributed by atoms with Crippen LogP contribution in [0.15, 0.2) is 30.3 Å². The Morgan fingerprint density at radius 2 is 1.43 bits per heavy atom. The van der Waals surface area contributed by atoms with Gasteiger partial charge in [-0.2, -0.15) is 0 Å². The Morgan fingerprint density at radius 1 is 0.833 bits per heavy atom. The largest absolute Gasteiger partial charge is 0.370 e. The van der Waals surface area contributed by atoms with Crippen LogP contribution in [0.4, 0.5) is 0 Å². The summed E-state index contributed by atoms with van der Waals surface area (Å²) < 4.78 is 0. The van der Waals surface area contributed by atoms with Gasteiger partial charge in [0.15, 0.2) is 0 Å². The van der Waals surface area contributed by atoms with Gasteiger partial charge in [-0.25, -0.2) is 0 Å². The summed E-state index contributed by atoms with van der Waals surface area (Å²) in [5.41, 5.74) is 17.3. The van der Waals surface area contributed by atoms with Crippen LogP contribution in [0.1, 0.15) is 64.9 Å². The lowest BCUT2D eigenvalue weighted by atomic mass is 10.00. The summed E-state index contributed by atoms with van der Waals surface area (Å²) in [7, 11) is 1.45. The molecule has 1 aromatic rings. The van der Waals surface area contributed by atoms with Gasteiger partial charge in [-0.1, -0.05) is 44.2 Å². The van der Waals surface area contributed by atoms with E-state index in [9.17, 15) is 28.8 Å². The number of amides is 6. The van der Waals surface area contributed by atoms with Gasteiger partial charge in [0.05, 0.1) is 0 Å². The second-order valence-electron chi connectivity index (χ2n) is 10.9. The molecule has 0 aliphatic heterocycles. The highest BCUT2D eigenvalue weighted by Crippen LogP contribution is 2.14. The smallest absolute Gasteiger partial charge is 0.245 e. The van der Waals surface area contributed by atoms with Crippen LogP contribution < -0.4 is 33.2 Å². The molecule has 0 spiro atoms. The summed E-state index contributed by atoms with van der Waals surface area (Å²) >= 11 is 0. The predicted octanol–water partition coefficient (Wildman–Crippen LogP) is -0.544. The molecular weight excluding hydrogens is 542 g/mol. The van der Waals surface area contributed by atoms with Crippen LogP contribution in [0, 0.1) is 5.92 Å². The number of hydrogen-bond acceptors (Lipinski definition) is 7. The molecule has 0 aliphatic carbocycles. The molecule has 1 aromatic carbocycles.